The molecule has 2 N–H and O–H groups in total. The van der Waals surface area contributed by atoms with Crippen LogP contribution >= 0.6 is 11.8 Å². The lowest BCUT2D eigenvalue weighted by molar-refractivity contribution is -0.137. The first kappa shape index (κ1) is 23.3. The zero-order valence-corrected chi connectivity index (χ0v) is 18.8. The average Bonchev–Trinajstić information content (AvgIpc) is 2.83. The molecule has 8 heteroatoms. The molecule has 7 nitrogen and oxygen atoms in total. The summed E-state index contributed by atoms with van der Waals surface area (Å²) in [6.45, 7) is 2.02. The van der Waals surface area contributed by atoms with Crippen LogP contribution in [0.2, 0.25) is 0 Å². The van der Waals surface area contributed by atoms with E-state index in [9.17, 15) is 14.7 Å². The summed E-state index contributed by atoms with van der Waals surface area (Å²) in [5.74, 6) is 0.000908. The highest BCUT2D eigenvalue weighted by atomic mass is 32.2. The van der Waals surface area contributed by atoms with Crippen molar-refractivity contribution in [1.29, 1.82) is 0 Å². The lowest BCUT2D eigenvalue weighted by Crippen LogP contribution is -2.31. The van der Waals surface area contributed by atoms with Gasteiger partial charge in [-0.3, -0.25) is 0 Å². The number of aromatic nitrogens is 2. The third kappa shape index (κ3) is 5.45. The minimum atomic E-state index is -1.02. The number of benzene rings is 2. The van der Waals surface area contributed by atoms with Crippen molar-refractivity contribution in [2.75, 3.05) is 23.9 Å². The number of nitrogens with zero attached hydrogens (tertiary/aromatic N) is 2. The zero-order chi connectivity index (χ0) is 22.9. The first-order valence-electron chi connectivity index (χ1n) is 10.2. The van der Waals surface area contributed by atoms with Gasteiger partial charge in [0.2, 0.25) is 0 Å². The number of hydrogen-bond acceptors (Lipinski definition) is 7. The van der Waals surface area contributed by atoms with Crippen LogP contribution in [0.4, 0.5) is 5.82 Å². The number of methoxy groups -OCH3 is 1. The van der Waals surface area contributed by atoms with Crippen LogP contribution in [-0.2, 0) is 9.53 Å². The molecule has 0 fully saturated rings. The van der Waals surface area contributed by atoms with Crippen LogP contribution in [0.3, 0.4) is 0 Å². The summed E-state index contributed by atoms with van der Waals surface area (Å²) in [5.41, 5.74) is 2.73. The quantitative estimate of drug-likeness (QED) is 0.340. The summed E-state index contributed by atoms with van der Waals surface area (Å²) in [5, 5.41) is 21.2. The molecule has 0 saturated heterocycles. The molecule has 0 aliphatic carbocycles. The van der Waals surface area contributed by atoms with Gasteiger partial charge in [0.05, 0.1) is 7.11 Å². The number of aliphatic carboxylic acids is 1. The number of carboxylic acid groups (broad SMARTS) is 1. The maximum absolute atomic E-state index is 12.9. The molecule has 0 aliphatic rings. The molecular weight excluding hydrogens is 426 g/mol. The van der Waals surface area contributed by atoms with E-state index in [4.69, 9.17) is 4.74 Å². The minimum Gasteiger partial charge on any atom is -0.480 e. The maximum Gasteiger partial charge on any atom is 0.342 e. The first-order chi connectivity index (χ1) is 15.6. The van der Waals surface area contributed by atoms with E-state index in [-0.39, 0.29) is 11.4 Å². The molecule has 1 aromatic heterocycles. The molecule has 0 amide bonds. The fourth-order valence-corrected chi connectivity index (χ4v) is 3.98. The summed E-state index contributed by atoms with van der Waals surface area (Å²) in [7, 11) is 1.29. The second-order valence-corrected chi connectivity index (χ2v) is 8.29. The summed E-state index contributed by atoms with van der Waals surface area (Å²) < 4.78 is 5.07. The van der Waals surface area contributed by atoms with Crippen LogP contribution < -0.4 is 5.32 Å². The fourth-order valence-electron chi connectivity index (χ4n) is 3.29. The molecule has 1 unspecified atom stereocenters. The van der Waals surface area contributed by atoms with E-state index in [1.54, 1.807) is 11.8 Å². The van der Waals surface area contributed by atoms with Gasteiger partial charge in [-0.15, -0.1) is 10.2 Å². The number of carbonyl (C=O) groups is 2. The van der Waals surface area contributed by atoms with Crippen LogP contribution in [0.1, 0.15) is 23.7 Å². The Labute approximate surface area is 191 Å². The number of thioether (sulfide) groups is 1. The van der Waals surface area contributed by atoms with Crippen molar-refractivity contribution in [3.05, 3.63) is 66.2 Å². The van der Waals surface area contributed by atoms with E-state index in [0.29, 0.717) is 23.4 Å². The van der Waals surface area contributed by atoms with Crippen LogP contribution in [0, 0.1) is 0 Å². The van der Waals surface area contributed by atoms with Gasteiger partial charge in [0.1, 0.15) is 17.3 Å². The molecule has 0 saturated carbocycles. The van der Waals surface area contributed by atoms with Crippen molar-refractivity contribution >= 4 is 29.5 Å². The molecule has 3 rings (SSSR count). The number of rotatable bonds is 10. The van der Waals surface area contributed by atoms with Gasteiger partial charge in [0, 0.05) is 11.1 Å². The predicted molar refractivity (Wildman–Crippen MR) is 127 cm³/mol. The van der Waals surface area contributed by atoms with Crippen molar-refractivity contribution in [1.82, 2.24) is 10.2 Å². The molecule has 0 radical (unpaired) electrons. The second kappa shape index (κ2) is 11.3. The lowest BCUT2D eigenvalue weighted by Gasteiger charge is -2.20. The van der Waals surface area contributed by atoms with Gasteiger partial charge >= 0.3 is 11.9 Å². The molecule has 0 bridgehead atoms. The molecule has 32 heavy (non-hydrogen) atoms. The Hall–Kier alpha value is -3.39. The summed E-state index contributed by atoms with van der Waals surface area (Å²) >= 11 is 1.65. The highest BCUT2D eigenvalue weighted by Crippen LogP contribution is 2.36. The number of hydrogen-bond donors (Lipinski definition) is 2. The highest BCUT2D eigenvalue weighted by molar-refractivity contribution is 7.99. The molecule has 2 aromatic carbocycles. The third-order valence-corrected chi connectivity index (χ3v) is 5.77. The number of esters is 1. The topological polar surface area (TPSA) is 101 Å². The van der Waals surface area contributed by atoms with Gasteiger partial charge in [-0.2, -0.15) is 11.8 Å². The molecular formula is C24H25N3O4S. The number of nitrogens with one attached hydrogen (secondary N) is 1. The average molecular weight is 452 g/mol. The van der Waals surface area contributed by atoms with Crippen molar-refractivity contribution in [2.45, 2.75) is 19.4 Å². The zero-order valence-electron chi connectivity index (χ0n) is 17.9. The maximum atomic E-state index is 12.9. The molecule has 0 spiro atoms. The van der Waals surface area contributed by atoms with Crippen molar-refractivity contribution < 1.29 is 19.4 Å². The van der Waals surface area contributed by atoms with Gasteiger partial charge < -0.3 is 15.2 Å². The Morgan fingerprint density at radius 1 is 1.03 bits per heavy atom. The normalized spacial score (nSPS) is 11.6. The van der Waals surface area contributed by atoms with Crippen LogP contribution in [0.15, 0.2) is 60.7 Å². The van der Waals surface area contributed by atoms with Crippen LogP contribution in [0.5, 0.6) is 0 Å². The van der Waals surface area contributed by atoms with E-state index < -0.39 is 18.0 Å². The summed E-state index contributed by atoms with van der Waals surface area (Å²) in [6, 6.07) is 17.8. The third-order valence-electron chi connectivity index (χ3n) is 4.84. The Morgan fingerprint density at radius 2 is 1.66 bits per heavy atom. The molecule has 0 aliphatic heterocycles. The Morgan fingerprint density at radius 3 is 2.22 bits per heavy atom. The number of anilines is 1. The fraction of sp³-hybridized carbons (Fsp3) is 0.250. The van der Waals surface area contributed by atoms with E-state index in [1.165, 1.54) is 7.11 Å². The highest BCUT2D eigenvalue weighted by Gasteiger charge is 2.28. The van der Waals surface area contributed by atoms with Crippen molar-refractivity contribution in [2.24, 2.45) is 0 Å². The van der Waals surface area contributed by atoms with E-state index in [1.807, 2.05) is 67.6 Å². The van der Waals surface area contributed by atoms with Gasteiger partial charge in [-0.25, -0.2) is 9.59 Å². The molecule has 1 heterocycles. The molecule has 3 aromatic rings. The number of carboxylic acids is 1. The summed E-state index contributed by atoms with van der Waals surface area (Å²) in [4.78, 5) is 24.8. The lowest BCUT2D eigenvalue weighted by atomic mass is 9.95. The standard InChI is InChI=1S/C24H25N3O4S/c1-3-32-15-14-18(23(28)29)25-22-20(24(30)31-2)19(16-10-6-4-7-11-16)21(26-27-22)17-12-8-5-9-13-17/h4-13,18H,3,14-15H2,1-2H3,(H,25,27)(H,28,29). The monoisotopic (exact) mass is 451 g/mol. The second-order valence-electron chi connectivity index (χ2n) is 6.89. The van der Waals surface area contributed by atoms with E-state index in [2.05, 4.69) is 15.5 Å². The van der Waals surface area contributed by atoms with Crippen molar-refractivity contribution in [3.63, 3.8) is 0 Å². The Kier molecular flexibility index (Phi) is 8.21. The number of carbonyl (C=O) groups excluding carboxylic acids is 1. The Balaban J connectivity index is 2.18. The van der Waals surface area contributed by atoms with Crippen LogP contribution in [-0.4, -0.2) is 51.9 Å². The Bertz CT molecular complexity index is 1060. The van der Waals surface area contributed by atoms with Crippen LogP contribution in [0.25, 0.3) is 22.4 Å². The van der Waals surface area contributed by atoms with E-state index >= 15 is 0 Å². The van der Waals surface area contributed by atoms with Gasteiger partial charge in [-0.1, -0.05) is 67.6 Å². The first-order valence-corrected chi connectivity index (χ1v) is 11.4. The van der Waals surface area contributed by atoms with Crippen molar-refractivity contribution in [3.8, 4) is 22.4 Å². The van der Waals surface area contributed by atoms with Gasteiger partial charge in [0.15, 0.2) is 5.82 Å². The largest absolute Gasteiger partial charge is 0.480 e. The van der Waals surface area contributed by atoms with Gasteiger partial charge in [-0.05, 0) is 23.5 Å². The minimum absolute atomic E-state index is 0.0873. The number of ether oxygens (including phenoxy) is 1. The molecule has 1 atom stereocenters. The van der Waals surface area contributed by atoms with Gasteiger partial charge in [0.25, 0.3) is 0 Å². The smallest absolute Gasteiger partial charge is 0.342 e. The SMILES string of the molecule is CCSCCC(Nc1nnc(-c2ccccc2)c(-c2ccccc2)c1C(=O)OC)C(=O)O. The molecule has 166 valence electrons. The summed E-state index contributed by atoms with van der Waals surface area (Å²) in [6.07, 6.45) is 0.372. The van der Waals surface area contributed by atoms with E-state index in [0.717, 1.165) is 16.9 Å². The predicted octanol–water partition coefficient (Wildman–Crippen LogP) is 4.61.